The summed E-state index contributed by atoms with van der Waals surface area (Å²) in [6.45, 7) is 9.55. The normalized spacial score (nSPS) is 31.2. The highest BCUT2D eigenvalue weighted by Crippen LogP contribution is 2.19. The van der Waals surface area contributed by atoms with Crippen LogP contribution in [0.1, 0.15) is 33.1 Å². The quantitative estimate of drug-likeness (QED) is 0.846. The first-order valence-electron chi connectivity index (χ1n) is 9.37. The van der Waals surface area contributed by atoms with Crippen LogP contribution in [0.25, 0.3) is 0 Å². The van der Waals surface area contributed by atoms with Gasteiger partial charge in [0.05, 0.1) is 24.9 Å². The fourth-order valence-corrected chi connectivity index (χ4v) is 4.19. The molecule has 24 heavy (non-hydrogen) atoms. The second-order valence-electron chi connectivity index (χ2n) is 7.50. The Bertz CT molecular complexity index is 471. The van der Waals surface area contributed by atoms with Crippen LogP contribution >= 0.6 is 0 Å². The summed E-state index contributed by atoms with van der Waals surface area (Å²) in [5.41, 5.74) is 0. The lowest BCUT2D eigenvalue weighted by molar-refractivity contribution is -0.0792. The molecule has 0 aliphatic carbocycles. The lowest BCUT2D eigenvalue weighted by atomic mass is 10.0. The first-order chi connectivity index (χ1) is 11.6. The fraction of sp³-hybridized carbons (Fsp3) is 0.833. The van der Waals surface area contributed by atoms with Gasteiger partial charge >= 0.3 is 0 Å². The summed E-state index contributed by atoms with van der Waals surface area (Å²) in [5.74, 6) is 0. The topological polar surface area (TPSA) is 53.8 Å². The molecule has 136 valence electrons. The summed E-state index contributed by atoms with van der Waals surface area (Å²) < 4.78 is 7.79. The van der Waals surface area contributed by atoms with Crippen molar-refractivity contribution < 1.29 is 9.84 Å². The van der Waals surface area contributed by atoms with Crippen molar-refractivity contribution in [3.63, 3.8) is 0 Å². The number of hydrogen-bond acceptors (Lipinski definition) is 5. The van der Waals surface area contributed by atoms with Crippen molar-refractivity contribution in [3.05, 3.63) is 18.5 Å². The summed E-state index contributed by atoms with van der Waals surface area (Å²) in [6.07, 6.45) is 7.76. The molecule has 6 heteroatoms. The Hall–Kier alpha value is -0.950. The molecular formula is C18H32N4O2. The summed E-state index contributed by atoms with van der Waals surface area (Å²) in [5, 5.41) is 15.0. The SMILES string of the molecule is C[C@@H]1CN(C[C@H](O)CN2CCCC[C@@H]2Cn2cccn2)C[C@H](C)O1. The van der Waals surface area contributed by atoms with Crippen LogP contribution in [0.2, 0.25) is 0 Å². The van der Waals surface area contributed by atoms with E-state index in [-0.39, 0.29) is 18.3 Å². The summed E-state index contributed by atoms with van der Waals surface area (Å²) in [6, 6.07) is 2.46. The highest BCUT2D eigenvalue weighted by atomic mass is 16.5. The molecule has 0 amide bonds. The molecule has 1 aromatic heterocycles. The van der Waals surface area contributed by atoms with E-state index in [0.717, 1.165) is 39.3 Å². The van der Waals surface area contributed by atoms with Gasteiger partial charge in [0.2, 0.25) is 0 Å². The number of likely N-dealkylation sites (tertiary alicyclic amines) is 1. The molecule has 1 N–H and O–H groups in total. The number of hydrogen-bond donors (Lipinski definition) is 1. The number of β-amino-alcohol motifs (C(OH)–C–C–N with tert-alkyl or cyclic N) is 1. The van der Waals surface area contributed by atoms with Crippen LogP contribution in [-0.2, 0) is 11.3 Å². The Balaban J connectivity index is 1.50. The molecule has 2 aliphatic heterocycles. The molecule has 1 aromatic rings. The molecule has 2 saturated heterocycles. The number of aliphatic hydroxyl groups is 1. The average molecular weight is 336 g/mol. The van der Waals surface area contributed by atoms with Gasteiger partial charge in [0.25, 0.3) is 0 Å². The summed E-state index contributed by atoms with van der Waals surface area (Å²) in [4.78, 5) is 4.80. The largest absolute Gasteiger partial charge is 0.390 e. The van der Waals surface area contributed by atoms with Crippen molar-refractivity contribution in [1.29, 1.82) is 0 Å². The summed E-state index contributed by atoms with van der Waals surface area (Å²) >= 11 is 0. The van der Waals surface area contributed by atoms with E-state index in [1.54, 1.807) is 0 Å². The van der Waals surface area contributed by atoms with Crippen molar-refractivity contribution in [2.75, 3.05) is 32.7 Å². The second-order valence-corrected chi connectivity index (χ2v) is 7.50. The Labute approximate surface area is 145 Å². The van der Waals surface area contributed by atoms with Gasteiger partial charge in [-0.1, -0.05) is 6.42 Å². The van der Waals surface area contributed by atoms with E-state index in [2.05, 4.69) is 28.7 Å². The van der Waals surface area contributed by atoms with Gasteiger partial charge in [0.1, 0.15) is 0 Å². The van der Waals surface area contributed by atoms with Crippen LogP contribution in [0.3, 0.4) is 0 Å². The minimum absolute atomic E-state index is 0.253. The Kier molecular flexibility index (Phi) is 6.27. The summed E-state index contributed by atoms with van der Waals surface area (Å²) in [7, 11) is 0. The number of nitrogens with zero attached hydrogens (tertiary/aromatic N) is 4. The zero-order valence-corrected chi connectivity index (χ0v) is 15.0. The van der Waals surface area contributed by atoms with Crippen LogP contribution in [0, 0.1) is 0 Å². The average Bonchev–Trinajstić information content (AvgIpc) is 3.01. The van der Waals surface area contributed by atoms with Crippen molar-refractivity contribution >= 4 is 0 Å². The molecule has 0 bridgehead atoms. The fourth-order valence-electron chi connectivity index (χ4n) is 4.19. The van der Waals surface area contributed by atoms with E-state index in [9.17, 15) is 5.11 Å². The van der Waals surface area contributed by atoms with Crippen molar-refractivity contribution in [2.24, 2.45) is 0 Å². The standard InChI is InChI=1S/C18H32N4O2/c1-15-10-20(11-16(2)24-15)13-18(23)14-21-8-4-3-6-17(21)12-22-9-5-7-19-22/h5,7,9,15-18,23H,3-4,6,8,10-14H2,1-2H3/t15-,16+,17-,18+/m1/s1. The molecule has 0 saturated carbocycles. The maximum atomic E-state index is 10.6. The minimum atomic E-state index is -0.305. The van der Waals surface area contributed by atoms with Crippen LogP contribution in [0.4, 0.5) is 0 Å². The molecule has 0 radical (unpaired) electrons. The second kappa shape index (κ2) is 8.43. The lowest BCUT2D eigenvalue weighted by Crippen LogP contribution is -2.51. The Morgan fingerprint density at radius 1 is 1.21 bits per heavy atom. The molecular weight excluding hydrogens is 304 g/mol. The van der Waals surface area contributed by atoms with Crippen LogP contribution in [0.15, 0.2) is 18.5 Å². The molecule has 0 unspecified atom stereocenters. The van der Waals surface area contributed by atoms with Crippen molar-refractivity contribution in [2.45, 2.75) is 64.0 Å². The predicted molar refractivity (Wildman–Crippen MR) is 93.9 cm³/mol. The molecule has 4 atom stereocenters. The van der Waals surface area contributed by atoms with Gasteiger partial charge in [0.15, 0.2) is 0 Å². The van der Waals surface area contributed by atoms with E-state index < -0.39 is 0 Å². The number of piperidine rings is 1. The number of rotatable bonds is 6. The molecule has 2 fully saturated rings. The van der Waals surface area contributed by atoms with E-state index >= 15 is 0 Å². The molecule has 0 aromatic carbocycles. The van der Waals surface area contributed by atoms with Gasteiger partial charge in [-0.3, -0.25) is 14.5 Å². The van der Waals surface area contributed by atoms with Crippen LogP contribution in [-0.4, -0.2) is 81.8 Å². The first-order valence-corrected chi connectivity index (χ1v) is 9.37. The third-order valence-electron chi connectivity index (χ3n) is 5.12. The number of morpholine rings is 1. The number of aromatic nitrogens is 2. The van der Waals surface area contributed by atoms with Crippen LogP contribution in [0.5, 0.6) is 0 Å². The van der Waals surface area contributed by atoms with E-state index in [1.807, 2.05) is 23.1 Å². The monoisotopic (exact) mass is 336 g/mol. The third-order valence-corrected chi connectivity index (χ3v) is 5.12. The van der Waals surface area contributed by atoms with E-state index in [4.69, 9.17) is 4.74 Å². The maximum Gasteiger partial charge on any atom is 0.0793 e. The van der Waals surface area contributed by atoms with Crippen molar-refractivity contribution in [1.82, 2.24) is 19.6 Å². The van der Waals surface area contributed by atoms with Crippen LogP contribution < -0.4 is 0 Å². The van der Waals surface area contributed by atoms with Gasteiger partial charge in [-0.05, 0) is 39.3 Å². The minimum Gasteiger partial charge on any atom is -0.390 e. The maximum absolute atomic E-state index is 10.6. The van der Waals surface area contributed by atoms with Gasteiger partial charge in [-0.25, -0.2) is 0 Å². The predicted octanol–water partition coefficient (Wildman–Crippen LogP) is 1.21. The third kappa shape index (κ3) is 5.02. The Morgan fingerprint density at radius 2 is 2.00 bits per heavy atom. The van der Waals surface area contributed by atoms with E-state index in [1.165, 1.54) is 19.3 Å². The smallest absolute Gasteiger partial charge is 0.0793 e. The highest BCUT2D eigenvalue weighted by Gasteiger charge is 2.28. The van der Waals surface area contributed by atoms with Crippen molar-refractivity contribution in [3.8, 4) is 0 Å². The molecule has 3 rings (SSSR count). The number of ether oxygens (including phenoxy) is 1. The van der Waals surface area contributed by atoms with E-state index in [0.29, 0.717) is 6.04 Å². The molecule has 2 aliphatic rings. The number of aliphatic hydroxyl groups excluding tert-OH is 1. The van der Waals surface area contributed by atoms with Gasteiger partial charge in [-0.2, -0.15) is 5.10 Å². The van der Waals surface area contributed by atoms with Gasteiger partial charge in [0, 0.05) is 44.6 Å². The zero-order chi connectivity index (χ0) is 16.9. The highest BCUT2D eigenvalue weighted by molar-refractivity contribution is 4.84. The Morgan fingerprint density at radius 3 is 2.71 bits per heavy atom. The van der Waals surface area contributed by atoms with Gasteiger partial charge in [-0.15, -0.1) is 0 Å². The molecule has 0 spiro atoms. The molecule has 6 nitrogen and oxygen atoms in total. The zero-order valence-electron chi connectivity index (χ0n) is 15.0. The lowest BCUT2D eigenvalue weighted by Gasteiger charge is -2.39. The molecule has 3 heterocycles. The first kappa shape index (κ1) is 17.9. The van der Waals surface area contributed by atoms with Gasteiger partial charge < -0.3 is 9.84 Å².